The molecule has 0 N–H and O–H groups in total. The van der Waals surface area contributed by atoms with Crippen LogP contribution < -0.4 is 0 Å². The van der Waals surface area contributed by atoms with Crippen LogP contribution in [-0.4, -0.2) is 19.3 Å². The van der Waals surface area contributed by atoms with Crippen molar-refractivity contribution in [1.29, 1.82) is 0 Å². The van der Waals surface area contributed by atoms with Crippen molar-refractivity contribution in [2.75, 3.05) is 13.2 Å². The third-order valence-electron chi connectivity index (χ3n) is 1.71. The van der Waals surface area contributed by atoms with Gasteiger partial charge in [-0.05, 0) is 18.4 Å². The van der Waals surface area contributed by atoms with Crippen LogP contribution in [0.3, 0.4) is 0 Å². The highest BCUT2D eigenvalue weighted by Crippen LogP contribution is 2.25. The zero-order valence-electron chi connectivity index (χ0n) is 5.30. The molecule has 0 spiro atoms. The first-order chi connectivity index (χ1) is 4.47. The normalized spacial score (nSPS) is 32.9. The number of rotatable bonds is 1. The van der Waals surface area contributed by atoms with Crippen molar-refractivity contribution < 1.29 is 9.47 Å². The fourth-order valence-electron chi connectivity index (χ4n) is 1.08. The molecule has 0 amide bonds. The van der Waals surface area contributed by atoms with Gasteiger partial charge in [-0.15, -0.1) is 0 Å². The number of hydrogen-bond acceptors (Lipinski definition) is 2. The summed E-state index contributed by atoms with van der Waals surface area (Å²) < 4.78 is 10.2. The Hall–Kier alpha value is -0.500. The molecule has 0 saturated carbocycles. The summed E-state index contributed by atoms with van der Waals surface area (Å²) in [6.07, 6.45) is 4.61. The zero-order chi connectivity index (χ0) is 6.10. The quantitative estimate of drug-likeness (QED) is 0.490. The fourth-order valence-corrected chi connectivity index (χ4v) is 1.08. The third kappa shape index (κ3) is 1.08. The van der Waals surface area contributed by atoms with Gasteiger partial charge >= 0.3 is 0 Å². The number of hydrogen-bond donors (Lipinski definition) is 0. The van der Waals surface area contributed by atoms with Gasteiger partial charge in [-0.1, -0.05) is 0 Å². The predicted octanol–water partition coefficient (Wildman–Crippen LogP) is 1.08. The molecule has 0 aromatic carbocycles. The van der Waals surface area contributed by atoms with Crippen LogP contribution in [0.5, 0.6) is 0 Å². The van der Waals surface area contributed by atoms with Crippen LogP contribution in [0, 0.1) is 0 Å². The minimum Gasteiger partial charge on any atom is -0.501 e. The molecule has 2 heteroatoms. The van der Waals surface area contributed by atoms with E-state index in [9.17, 15) is 0 Å². The van der Waals surface area contributed by atoms with Crippen molar-refractivity contribution in [3.05, 3.63) is 11.8 Å². The largest absolute Gasteiger partial charge is 0.501 e. The first-order valence-corrected chi connectivity index (χ1v) is 3.39. The van der Waals surface area contributed by atoms with E-state index in [1.54, 1.807) is 0 Å². The molecule has 2 nitrogen and oxygen atoms in total. The minimum atomic E-state index is 0.422. The summed E-state index contributed by atoms with van der Waals surface area (Å²) in [7, 11) is 0. The predicted molar refractivity (Wildman–Crippen MR) is 33.0 cm³/mol. The second kappa shape index (κ2) is 2.03. The van der Waals surface area contributed by atoms with Gasteiger partial charge in [-0.3, -0.25) is 0 Å². The van der Waals surface area contributed by atoms with Crippen molar-refractivity contribution >= 4 is 0 Å². The molecule has 1 saturated heterocycles. The maximum absolute atomic E-state index is 5.14. The highest BCUT2D eigenvalue weighted by molar-refractivity contribution is 5.11. The summed E-state index contributed by atoms with van der Waals surface area (Å²) in [5.41, 5.74) is 1.35. The lowest BCUT2D eigenvalue weighted by Crippen LogP contribution is -2.03. The molecular formula is C7H10O2. The summed E-state index contributed by atoms with van der Waals surface area (Å²) in [5.74, 6) is 0. The summed E-state index contributed by atoms with van der Waals surface area (Å²) >= 11 is 0. The third-order valence-corrected chi connectivity index (χ3v) is 1.71. The molecule has 1 fully saturated rings. The van der Waals surface area contributed by atoms with E-state index in [2.05, 4.69) is 0 Å². The summed E-state index contributed by atoms with van der Waals surface area (Å²) in [6.45, 7) is 1.80. The number of epoxide rings is 1. The van der Waals surface area contributed by atoms with Crippen LogP contribution in [0.2, 0.25) is 0 Å². The molecule has 9 heavy (non-hydrogen) atoms. The molecule has 2 aliphatic heterocycles. The van der Waals surface area contributed by atoms with Crippen LogP contribution in [0.4, 0.5) is 0 Å². The maximum Gasteiger partial charge on any atom is 0.105 e. The highest BCUT2D eigenvalue weighted by atomic mass is 16.6. The molecule has 0 radical (unpaired) electrons. The molecular weight excluding hydrogens is 116 g/mol. The Morgan fingerprint density at radius 3 is 3.00 bits per heavy atom. The molecule has 0 bridgehead atoms. The second-order valence-electron chi connectivity index (χ2n) is 2.49. The van der Waals surface area contributed by atoms with Crippen LogP contribution >= 0.6 is 0 Å². The van der Waals surface area contributed by atoms with Crippen molar-refractivity contribution in [2.24, 2.45) is 0 Å². The minimum absolute atomic E-state index is 0.422. The molecule has 1 atom stereocenters. The lowest BCUT2D eigenvalue weighted by Gasteiger charge is -2.10. The van der Waals surface area contributed by atoms with E-state index in [1.807, 2.05) is 6.26 Å². The van der Waals surface area contributed by atoms with Gasteiger partial charge in [0.05, 0.1) is 19.5 Å². The van der Waals surface area contributed by atoms with E-state index in [1.165, 1.54) is 12.0 Å². The topological polar surface area (TPSA) is 21.8 Å². The van der Waals surface area contributed by atoms with E-state index in [4.69, 9.17) is 9.47 Å². The molecule has 0 unspecified atom stereocenters. The van der Waals surface area contributed by atoms with Crippen LogP contribution in [-0.2, 0) is 9.47 Å². The van der Waals surface area contributed by atoms with Gasteiger partial charge in [0.25, 0.3) is 0 Å². The average molecular weight is 126 g/mol. The van der Waals surface area contributed by atoms with Crippen molar-refractivity contribution in [3.8, 4) is 0 Å². The van der Waals surface area contributed by atoms with Crippen LogP contribution in [0.25, 0.3) is 0 Å². The van der Waals surface area contributed by atoms with E-state index < -0.39 is 0 Å². The van der Waals surface area contributed by atoms with Crippen molar-refractivity contribution in [3.63, 3.8) is 0 Å². The first-order valence-electron chi connectivity index (χ1n) is 3.39. The molecule has 50 valence electrons. The smallest absolute Gasteiger partial charge is 0.105 e. The van der Waals surface area contributed by atoms with Crippen molar-refractivity contribution in [1.82, 2.24) is 0 Å². The average Bonchev–Trinajstić information content (AvgIpc) is 2.71. The summed E-state index contributed by atoms with van der Waals surface area (Å²) in [4.78, 5) is 0. The van der Waals surface area contributed by atoms with Gasteiger partial charge in [0.15, 0.2) is 0 Å². The Morgan fingerprint density at radius 1 is 1.56 bits per heavy atom. The molecule has 0 aliphatic carbocycles. The standard InChI is InChI=1S/C7H10O2/c1-2-6(4-8-3-1)7-5-9-7/h4,7H,1-3,5H2/t7-/m1/s1. The molecule has 2 heterocycles. The lowest BCUT2D eigenvalue weighted by molar-refractivity contribution is 0.219. The molecule has 2 aliphatic rings. The lowest BCUT2D eigenvalue weighted by atomic mass is 10.1. The Kier molecular flexibility index (Phi) is 1.19. The Bertz CT molecular complexity index is 136. The monoisotopic (exact) mass is 126 g/mol. The molecule has 0 aromatic rings. The van der Waals surface area contributed by atoms with Gasteiger partial charge in [0, 0.05) is 0 Å². The van der Waals surface area contributed by atoms with E-state index in [-0.39, 0.29) is 0 Å². The van der Waals surface area contributed by atoms with Crippen LogP contribution in [0.1, 0.15) is 12.8 Å². The van der Waals surface area contributed by atoms with Gasteiger partial charge < -0.3 is 9.47 Å². The van der Waals surface area contributed by atoms with Gasteiger partial charge in [0.1, 0.15) is 6.10 Å². The first kappa shape index (κ1) is 5.30. The second-order valence-corrected chi connectivity index (χ2v) is 2.49. The Balaban J connectivity index is 1.99. The summed E-state index contributed by atoms with van der Waals surface area (Å²) in [5, 5.41) is 0. The van der Waals surface area contributed by atoms with E-state index in [0.717, 1.165) is 19.6 Å². The molecule has 0 aromatic heterocycles. The van der Waals surface area contributed by atoms with E-state index >= 15 is 0 Å². The number of ether oxygens (including phenoxy) is 2. The zero-order valence-corrected chi connectivity index (χ0v) is 5.30. The Morgan fingerprint density at radius 2 is 2.44 bits per heavy atom. The highest BCUT2D eigenvalue weighted by Gasteiger charge is 2.28. The SMILES string of the molecule is C1=C([C@H]2CO2)CCCO1. The van der Waals surface area contributed by atoms with Crippen molar-refractivity contribution in [2.45, 2.75) is 18.9 Å². The van der Waals surface area contributed by atoms with Gasteiger partial charge in [0.2, 0.25) is 0 Å². The molecule has 2 rings (SSSR count). The Labute approximate surface area is 54.5 Å². The van der Waals surface area contributed by atoms with E-state index in [0.29, 0.717) is 6.10 Å². The summed E-state index contributed by atoms with van der Waals surface area (Å²) in [6, 6.07) is 0. The van der Waals surface area contributed by atoms with Crippen LogP contribution in [0.15, 0.2) is 11.8 Å². The van der Waals surface area contributed by atoms with Gasteiger partial charge in [-0.25, -0.2) is 0 Å². The van der Waals surface area contributed by atoms with Gasteiger partial charge in [-0.2, -0.15) is 0 Å². The maximum atomic E-state index is 5.14. The fraction of sp³-hybridized carbons (Fsp3) is 0.714.